The number of aryl methyl sites for hydroxylation is 1. The summed E-state index contributed by atoms with van der Waals surface area (Å²) < 4.78 is 13.7. The predicted octanol–water partition coefficient (Wildman–Crippen LogP) is 5.61. The lowest BCUT2D eigenvalue weighted by atomic mass is 10.1. The van der Waals surface area contributed by atoms with Gasteiger partial charge in [0.2, 0.25) is 0 Å². The van der Waals surface area contributed by atoms with Crippen LogP contribution >= 0.6 is 35.0 Å². The molecule has 0 aliphatic carbocycles. The van der Waals surface area contributed by atoms with Crippen LogP contribution in [0.15, 0.2) is 40.1 Å². The topological polar surface area (TPSA) is 26.0 Å². The fraction of sp³-hybridized carbons (Fsp3) is 0.200. The molecular weight excluding hydrogens is 316 g/mol. The van der Waals surface area contributed by atoms with Crippen LogP contribution in [0.25, 0.3) is 0 Å². The molecule has 0 amide bonds. The van der Waals surface area contributed by atoms with Gasteiger partial charge in [0.05, 0.1) is 5.02 Å². The number of benzene rings is 2. The van der Waals surface area contributed by atoms with Crippen molar-refractivity contribution in [3.8, 4) is 0 Å². The smallest absolute Gasteiger partial charge is 0.126 e. The largest absolute Gasteiger partial charge is 0.324 e. The predicted molar refractivity (Wildman–Crippen MR) is 84.3 cm³/mol. The van der Waals surface area contributed by atoms with Gasteiger partial charge in [-0.25, -0.2) is 4.39 Å². The van der Waals surface area contributed by atoms with Crippen LogP contribution in [0.5, 0.6) is 0 Å². The van der Waals surface area contributed by atoms with Gasteiger partial charge in [-0.3, -0.25) is 0 Å². The molecule has 2 rings (SSSR count). The molecule has 20 heavy (non-hydrogen) atoms. The summed E-state index contributed by atoms with van der Waals surface area (Å²) in [7, 11) is 0. The van der Waals surface area contributed by atoms with Crippen LogP contribution in [0.3, 0.4) is 0 Å². The molecule has 0 aliphatic rings. The molecule has 1 atom stereocenters. The van der Waals surface area contributed by atoms with Crippen LogP contribution in [0.2, 0.25) is 10.0 Å². The molecule has 2 aromatic carbocycles. The van der Waals surface area contributed by atoms with Gasteiger partial charge in [-0.1, -0.05) is 35.0 Å². The van der Waals surface area contributed by atoms with E-state index in [1.54, 1.807) is 31.2 Å². The lowest BCUT2D eigenvalue weighted by Gasteiger charge is -2.14. The molecule has 0 bridgehead atoms. The zero-order valence-electron chi connectivity index (χ0n) is 11.1. The number of hydrogen-bond acceptors (Lipinski definition) is 2. The molecule has 0 radical (unpaired) electrons. The van der Waals surface area contributed by atoms with Gasteiger partial charge in [0.1, 0.15) is 5.82 Å². The maximum atomic E-state index is 13.7. The molecule has 2 aromatic rings. The average molecular weight is 330 g/mol. The molecule has 2 N–H and O–H groups in total. The molecule has 5 heteroatoms. The Hall–Kier alpha value is -0.740. The molecule has 0 spiro atoms. The van der Waals surface area contributed by atoms with Gasteiger partial charge in [-0.05, 0) is 55.3 Å². The minimum atomic E-state index is -0.259. The zero-order valence-corrected chi connectivity index (χ0v) is 13.4. The second-order valence-corrected chi connectivity index (χ2v) is 6.53. The molecule has 0 aromatic heterocycles. The van der Waals surface area contributed by atoms with Crippen LogP contribution in [0, 0.1) is 12.7 Å². The molecule has 0 unspecified atom stereocenters. The van der Waals surface area contributed by atoms with E-state index in [0.717, 1.165) is 15.4 Å². The Bertz CT molecular complexity index is 644. The minimum Gasteiger partial charge on any atom is -0.324 e. The molecule has 1 nitrogen and oxygen atoms in total. The van der Waals surface area contributed by atoms with Gasteiger partial charge in [0.15, 0.2) is 0 Å². The lowest BCUT2D eigenvalue weighted by molar-refractivity contribution is 0.610. The van der Waals surface area contributed by atoms with Gasteiger partial charge in [0.25, 0.3) is 0 Å². The maximum Gasteiger partial charge on any atom is 0.126 e. The van der Waals surface area contributed by atoms with Gasteiger partial charge < -0.3 is 5.73 Å². The molecular formula is C15H14Cl2FNS. The van der Waals surface area contributed by atoms with Gasteiger partial charge in [0, 0.05) is 20.9 Å². The van der Waals surface area contributed by atoms with Gasteiger partial charge in [-0.15, -0.1) is 0 Å². The number of nitrogens with two attached hydrogens (primary N) is 1. The van der Waals surface area contributed by atoms with Crippen LogP contribution in [0.1, 0.15) is 24.1 Å². The Balaban J connectivity index is 2.47. The summed E-state index contributed by atoms with van der Waals surface area (Å²) in [4.78, 5) is 1.72. The highest BCUT2D eigenvalue weighted by atomic mass is 35.5. The molecule has 106 valence electrons. The normalized spacial score (nSPS) is 12.5. The SMILES string of the molecule is Cc1cc(Sc2cc(Cl)ccc2Cl)c([C@@H](C)N)cc1F. The van der Waals surface area contributed by atoms with E-state index < -0.39 is 0 Å². The fourth-order valence-corrected chi connectivity index (χ4v) is 3.45. The van der Waals surface area contributed by atoms with Crippen molar-refractivity contribution in [2.24, 2.45) is 5.73 Å². The number of hydrogen-bond donors (Lipinski definition) is 1. The number of rotatable bonds is 3. The molecule has 0 aliphatic heterocycles. The van der Waals surface area contributed by atoms with Crippen molar-refractivity contribution < 1.29 is 4.39 Å². The first-order chi connectivity index (χ1) is 9.38. The van der Waals surface area contributed by atoms with Gasteiger partial charge in [-0.2, -0.15) is 0 Å². The first-order valence-corrected chi connectivity index (χ1v) is 7.64. The highest BCUT2D eigenvalue weighted by Gasteiger charge is 2.13. The summed E-state index contributed by atoms with van der Waals surface area (Å²) in [6.45, 7) is 3.55. The first kappa shape index (κ1) is 15.6. The van der Waals surface area contributed by atoms with Crippen LogP contribution in [-0.2, 0) is 0 Å². The van der Waals surface area contributed by atoms with Crippen LogP contribution in [0.4, 0.5) is 4.39 Å². The summed E-state index contributed by atoms with van der Waals surface area (Å²) in [6.07, 6.45) is 0. The van der Waals surface area contributed by atoms with Gasteiger partial charge >= 0.3 is 0 Å². The molecule has 0 saturated heterocycles. The van der Waals surface area contributed by atoms with E-state index in [4.69, 9.17) is 28.9 Å². The van der Waals surface area contributed by atoms with E-state index >= 15 is 0 Å². The van der Waals surface area contributed by atoms with E-state index in [9.17, 15) is 4.39 Å². The van der Waals surface area contributed by atoms with E-state index in [1.165, 1.54) is 17.8 Å². The third-order valence-corrected chi connectivity index (χ3v) is 4.70. The fourth-order valence-electron chi connectivity index (χ4n) is 1.79. The van der Waals surface area contributed by atoms with Crippen molar-refractivity contribution in [2.45, 2.75) is 29.7 Å². The van der Waals surface area contributed by atoms with Crippen molar-refractivity contribution in [3.05, 3.63) is 57.3 Å². The van der Waals surface area contributed by atoms with Crippen molar-refractivity contribution in [2.75, 3.05) is 0 Å². The Morgan fingerprint density at radius 3 is 2.50 bits per heavy atom. The molecule has 0 fully saturated rings. The number of halogens is 3. The monoisotopic (exact) mass is 329 g/mol. The van der Waals surface area contributed by atoms with Crippen molar-refractivity contribution in [1.29, 1.82) is 0 Å². The van der Waals surface area contributed by atoms with E-state index in [0.29, 0.717) is 15.6 Å². The van der Waals surface area contributed by atoms with Crippen LogP contribution in [-0.4, -0.2) is 0 Å². The highest BCUT2D eigenvalue weighted by Crippen LogP contribution is 2.38. The first-order valence-electron chi connectivity index (χ1n) is 6.07. The summed E-state index contributed by atoms with van der Waals surface area (Å²) >= 11 is 13.6. The standard InChI is InChI=1S/C15H14Cl2FNS/c1-8-5-14(11(9(2)19)7-13(8)18)20-15-6-10(16)3-4-12(15)17/h3-7,9H,19H2,1-2H3/t9-/m1/s1. The second-order valence-electron chi connectivity index (χ2n) is 4.60. The zero-order chi connectivity index (χ0) is 14.9. The summed E-state index contributed by atoms with van der Waals surface area (Å²) in [6, 6.07) is 8.28. The third kappa shape index (κ3) is 3.47. The summed E-state index contributed by atoms with van der Waals surface area (Å²) in [5.74, 6) is -0.251. The Labute approximate surface area is 132 Å². The van der Waals surface area contributed by atoms with E-state index in [1.807, 2.05) is 6.92 Å². The van der Waals surface area contributed by atoms with Crippen molar-refractivity contribution in [1.82, 2.24) is 0 Å². The second kappa shape index (κ2) is 6.35. The maximum absolute atomic E-state index is 13.7. The lowest BCUT2D eigenvalue weighted by Crippen LogP contribution is -2.07. The van der Waals surface area contributed by atoms with E-state index in [2.05, 4.69) is 0 Å². The average Bonchev–Trinajstić information content (AvgIpc) is 2.37. The third-order valence-electron chi connectivity index (χ3n) is 2.89. The quantitative estimate of drug-likeness (QED) is 0.791. The van der Waals surface area contributed by atoms with Crippen molar-refractivity contribution >= 4 is 35.0 Å². The molecule has 0 saturated carbocycles. The Morgan fingerprint density at radius 2 is 1.85 bits per heavy atom. The van der Waals surface area contributed by atoms with Crippen LogP contribution < -0.4 is 5.73 Å². The summed E-state index contributed by atoms with van der Waals surface area (Å²) in [5.41, 5.74) is 7.25. The highest BCUT2D eigenvalue weighted by molar-refractivity contribution is 7.99. The Kier molecular flexibility index (Phi) is 4.97. The van der Waals surface area contributed by atoms with E-state index in [-0.39, 0.29) is 11.9 Å². The van der Waals surface area contributed by atoms with Crippen molar-refractivity contribution in [3.63, 3.8) is 0 Å². The minimum absolute atomic E-state index is 0.251. The molecule has 0 heterocycles. The summed E-state index contributed by atoms with van der Waals surface area (Å²) in [5, 5.41) is 1.22. The Morgan fingerprint density at radius 1 is 1.15 bits per heavy atom.